The fourth-order valence-corrected chi connectivity index (χ4v) is 2.98. The second-order valence-electron chi connectivity index (χ2n) is 5.76. The standard InChI is InChI=1S/C14H24N2O3/c1-2-14(6-8-15-9-7-14)13(19)16(11-3-4-11)10-5-12(17)18/h11,15H,2-10H2,1H3,(H,17,18). The van der Waals surface area contributed by atoms with Gasteiger partial charge in [-0.3, -0.25) is 9.59 Å². The highest BCUT2D eigenvalue weighted by atomic mass is 16.4. The van der Waals surface area contributed by atoms with E-state index >= 15 is 0 Å². The van der Waals surface area contributed by atoms with Crippen LogP contribution >= 0.6 is 0 Å². The van der Waals surface area contributed by atoms with Gasteiger partial charge in [0.1, 0.15) is 0 Å². The first-order chi connectivity index (χ1) is 9.09. The molecule has 0 spiro atoms. The molecule has 5 heteroatoms. The fourth-order valence-electron chi connectivity index (χ4n) is 2.98. The molecule has 1 aliphatic heterocycles. The number of nitrogens with one attached hydrogen (secondary N) is 1. The minimum atomic E-state index is -0.825. The Morgan fingerprint density at radius 3 is 2.42 bits per heavy atom. The van der Waals surface area contributed by atoms with Crippen molar-refractivity contribution in [2.75, 3.05) is 19.6 Å². The predicted octanol–water partition coefficient (Wildman–Crippen LogP) is 1.23. The summed E-state index contributed by atoms with van der Waals surface area (Å²) >= 11 is 0. The number of aliphatic carboxylic acids is 1. The number of carbonyl (C=O) groups excluding carboxylic acids is 1. The van der Waals surface area contributed by atoms with Crippen molar-refractivity contribution in [2.45, 2.75) is 51.5 Å². The number of carbonyl (C=O) groups is 2. The molecule has 2 N–H and O–H groups in total. The molecule has 0 atom stereocenters. The quantitative estimate of drug-likeness (QED) is 0.760. The average Bonchev–Trinajstić information content (AvgIpc) is 3.24. The number of amides is 1. The molecule has 0 bridgehead atoms. The number of piperidine rings is 1. The van der Waals surface area contributed by atoms with E-state index in [-0.39, 0.29) is 17.7 Å². The Morgan fingerprint density at radius 2 is 1.95 bits per heavy atom. The van der Waals surface area contributed by atoms with Crippen LogP contribution in [0.25, 0.3) is 0 Å². The number of carboxylic acid groups (broad SMARTS) is 1. The minimum Gasteiger partial charge on any atom is -0.481 e. The summed E-state index contributed by atoms with van der Waals surface area (Å²) in [6, 6.07) is 0.296. The van der Waals surface area contributed by atoms with Crippen LogP contribution in [0.4, 0.5) is 0 Å². The summed E-state index contributed by atoms with van der Waals surface area (Å²) < 4.78 is 0. The van der Waals surface area contributed by atoms with Crippen LogP contribution in [0.2, 0.25) is 0 Å². The van der Waals surface area contributed by atoms with Gasteiger partial charge < -0.3 is 15.3 Å². The van der Waals surface area contributed by atoms with Crippen LogP contribution in [0.5, 0.6) is 0 Å². The third kappa shape index (κ3) is 3.26. The molecule has 0 unspecified atom stereocenters. The van der Waals surface area contributed by atoms with Gasteiger partial charge in [-0.1, -0.05) is 6.92 Å². The van der Waals surface area contributed by atoms with E-state index < -0.39 is 5.97 Å². The molecule has 2 aliphatic rings. The fraction of sp³-hybridized carbons (Fsp3) is 0.857. The molecule has 19 heavy (non-hydrogen) atoms. The zero-order valence-electron chi connectivity index (χ0n) is 11.7. The Bertz CT molecular complexity index is 347. The highest BCUT2D eigenvalue weighted by molar-refractivity contribution is 5.84. The summed E-state index contributed by atoms with van der Waals surface area (Å²) in [5.41, 5.74) is -0.258. The van der Waals surface area contributed by atoms with Gasteiger partial charge in [0, 0.05) is 12.6 Å². The predicted molar refractivity (Wildman–Crippen MR) is 71.8 cm³/mol. The van der Waals surface area contributed by atoms with E-state index in [2.05, 4.69) is 12.2 Å². The van der Waals surface area contributed by atoms with Crippen LogP contribution < -0.4 is 5.32 Å². The molecule has 1 saturated carbocycles. The lowest BCUT2D eigenvalue weighted by atomic mass is 9.75. The Hall–Kier alpha value is -1.10. The lowest BCUT2D eigenvalue weighted by molar-refractivity contribution is -0.146. The van der Waals surface area contributed by atoms with Crippen molar-refractivity contribution in [3.05, 3.63) is 0 Å². The van der Waals surface area contributed by atoms with Gasteiger partial charge in [0.25, 0.3) is 0 Å². The van der Waals surface area contributed by atoms with Crippen molar-refractivity contribution < 1.29 is 14.7 Å². The van der Waals surface area contributed by atoms with Crippen LogP contribution in [0.3, 0.4) is 0 Å². The summed E-state index contributed by atoms with van der Waals surface area (Å²) in [7, 11) is 0. The monoisotopic (exact) mass is 268 g/mol. The van der Waals surface area contributed by atoms with Crippen LogP contribution in [0, 0.1) is 5.41 Å². The van der Waals surface area contributed by atoms with E-state index in [0.717, 1.165) is 45.2 Å². The number of rotatable bonds is 6. The Labute approximate surface area is 114 Å². The lowest BCUT2D eigenvalue weighted by Gasteiger charge is -2.39. The molecular formula is C14H24N2O3. The zero-order chi connectivity index (χ0) is 13.9. The number of carboxylic acids is 1. The number of hydrogen-bond donors (Lipinski definition) is 2. The van der Waals surface area contributed by atoms with Crippen molar-refractivity contribution in [1.29, 1.82) is 0 Å². The van der Waals surface area contributed by atoms with E-state index in [1.54, 1.807) is 0 Å². The van der Waals surface area contributed by atoms with Crippen LogP contribution in [0.15, 0.2) is 0 Å². The van der Waals surface area contributed by atoms with Gasteiger partial charge in [0.05, 0.1) is 11.8 Å². The summed E-state index contributed by atoms with van der Waals surface area (Å²) in [4.78, 5) is 25.4. The van der Waals surface area contributed by atoms with E-state index in [4.69, 9.17) is 5.11 Å². The molecule has 2 rings (SSSR count). The van der Waals surface area contributed by atoms with Crippen molar-refractivity contribution in [2.24, 2.45) is 5.41 Å². The van der Waals surface area contributed by atoms with Gasteiger partial charge in [-0.15, -0.1) is 0 Å². The lowest BCUT2D eigenvalue weighted by Crippen LogP contribution is -2.50. The van der Waals surface area contributed by atoms with E-state index in [9.17, 15) is 9.59 Å². The SMILES string of the molecule is CCC1(C(=O)N(CCC(=O)O)C2CC2)CCNCC1. The first kappa shape index (κ1) is 14.3. The molecule has 1 aliphatic carbocycles. The Balaban J connectivity index is 2.06. The summed E-state index contributed by atoms with van der Waals surface area (Å²) in [5.74, 6) is -0.630. The summed E-state index contributed by atoms with van der Waals surface area (Å²) in [5, 5.41) is 12.1. The minimum absolute atomic E-state index is 0.0558. The normalized spacial score (nSPS) is 21.9. The first-order valence-corrected chi connectivity index (χ1v) is 7.32. The Kier molecular flexibility index (Phi) is 4.45. The third-order valence-electron chi connectivity index (χ3n) is 4.51. The van der Waals surface area contributed by atoms with E-state index in [1.807, 2.05) is 4.90 Å². The molecule has 108 valence electrons. The molecule has 0 aromatic rings. The largest absolute Gasteiger partial charge is 0.481 e. The molecular weight excluding hydrogens is 244 g/mol. The summed E-state index contributed by atoms with van der Waals surface area (Å²) in [6.45, 7) is 4.22. The number of hydrogen-bond acceptors (Lipinski definition) is 3. The highest BCUT2D eigenvalue weighted by Crippen LogP contribution is 2.38. The van der Waals surface area contributed by atoms with Gasteiger partial charge in [0.2, 0.25) is 5.91 Å². The van der Waals surface area contributed by atoms with Gasteiger partial charge in [-0.25, -0.2) is 0 Å². The van der Waals surface area contributed by atoms with Crippen molar-refractivity contribution in [3.63, 3.8) is 0 Å². The number of nitrogens with zero attached hydrogens (tertiary/aromatic N) is 1. The highest BCUT2D eigenvalue weighted by Gasteiger charge is 2.44. The average molecular weight is 268 g/mol. The maximum absolute atomic E-state index is 12.9. The molecule has 2 fully saturated rings. The van der Waals surface area contributed by atoms with Gasteiger partial charge >= 0.3 is 5.97 Å². The molecule has 1 amide bonds. The van der Waals surface area contributed by atoms with Crippen molar-refractivity contribution in [3.8, 4) is 0 Å². The topological polar surface area (TPSA) is 69.6 Å². The van der Waals surface area contributed by atoms with Gasteiger partial charge in [0.15, 0.2) is 0 Å². The van der Waals surface area contributed by atoms with Crippen LogP contribution in [-0.4, -0.2) is 47.6 Å². The second kappa shape index (κ2) is 5.90. The van der Waals surface area contributed by atoms with Crippen LogP contribution in [0.1, 0.15) is 45.4 Å². The smallest absolute Gasteiger partial charge is 0.305 e. The van der Waals surface area contributed by atoms with Crippen LogP contribution in [-0.2, 0) is 9.59 Å². The van der Waals surface area contributed by atoms with Crippen molar-refractivity contribution >= 4 is 11.9 Å². The third-order valence-corrected chi connectivity index (χ3v) is 4.51. The summed E-state index contributed by atoms with van der Waals surface area (Å²) in [6.07, 6.45) is 4.72. The molecule has 5 nitrogen and oxygen atoms in total. The Morgan fingerprint density at radius 1 is 1.32 bits per heavy atom. The molecule has 0 aromatic carbocycles. The molecule has 1 heterocycles. The van der Waals surface area contributed by atoms with E-state index in [0.29, 0.717) is 12.6 Å². The van der Waals surface area contributed by atoms with Gasteiger partial charge in [-0.2, -0.15) is 0 Å². The van der Waals surface area contributed by atoms with E-state index in [1.165, 1.54) is 0 Å². The molecule has 0 aromatic heterocycles. The first-order valence-electron chi connectivity index (χ1n) is 7.32. The second-order valence-corrected chi connectivity index (χ2v) is 5.76. The van der Waals surface area contributed by atoms with Gasteiger partial charge in [-0.05, 0) is 45.2 Å². The maximum atomic E-state index is 12.9. The zero-order valence-corrected chi connectivity index (χ0v) is 11.7. The molecule has 1 saturated heterocycles. The van der Waals surface area contributed by atoms with Crippen molar-refractivity contribution in [1.82, 2.24) is 10.2 Å². The maximum Gasteiger partial charge on any atom is 0.305 e. The molecule has 0 radical (unpaired) electrons.